The second-order valence-electron chi connectivity index (χ2n) is 7.40. The lowest BCUT2D eigenvalue weighted by Gasteiger charge is -2.22. The van der Waals surface area contributed by atoms with Crippen molar-refractivity contribution >= 4 is 17.5 Å². The van der Waals surface area contributed by atoms with Gasteiger partial charge in [-0.15, -0.1) is 0 Å². The van der Waals surface area contributed by atoms with Gasteiger partial charge in [0.05, 0.1) is 18.5 Å². The van der Waals surface area contributed by atoms with Crippen molar-refractivity contribution < 1.29 is 9.59 Å². The zero-order chi connectivity index (χ0) is 21.2. The van der Waals surface area contributed by atoms with Crippen LogP contribution in [-0.2, 0) is 9.59 Å². The zero-order valence-corrected chi connectivity index (χ0v) is 17.4. The minimum absolute atomic E-state index is 0.102. The molecule has 0 spiro atoms. The van der Waals surface area contributed by atoms with E-state index >= 15 is 0 Å². The summed E-state index contributed by atoms with van der Waals surface area (Å²) in [5.74, 6) is 0.149. The lowest BCUT2D eigenvalue weighted by Crippen LogP contribution is -2.33. The van der Waals surface area contributed by atoms with Gasteiger partial charge in [-0.3, -0.25) is 9.59 Å². The fourth-order valence-corrected chi connectivity index (χ4v) is 3.09. The molecule has 0 bridgehead atoms. The fourth-order valence-electron chi connectivity index (χ4n) is 3.09. The lowest BCUT2D eigenvalue weighted by atomic mass is 9.99. The number of carbonyl (C=O) groups is 2. The smallest absolute Gasteiger partial charge is 0.227 e. The standard InChI is InChI=1S/C24H29N3O2/c1-18(2)20-10-12-21(13-11-20)19(3)26-23(28)14-15-24(29)27(17-7-16-25)22-8-5-4-6-9-22/h4-6,8-13,18-19H,7,14-15,17H2,1-3H3,(H,26,28). The van der Waals surface area contributed by atoms with E-state index in [1.165, 1.54) is 5.56 Å². The van der Waals surface area contributed by atoms with Crippen LogP contribution in [0.5, 0.6) is 0 Å². The van der Waals surface area contributed by atoms with Gasteiger partial charge in [-0.2, -0.15) is 5.26 Å². The number of benzene rings is 2. The zero-order valence-electron chi connectivity index (χ0n) is 17.4. The Morgan fingerprint density at radius 1 is 0.966 bits per heavy atom. The van der Waals surface area contributed by atoms with E-state index in [0.29, 0.717) is 12.5 Å². The van der Waals surface area contributed by atoms with E-state index in [0.717, 1.165) is 11.3 Å². The summed E-state index contributed by atoms with van der Waals surface area (Å²) < 4.78 is 0. The first kappa shape index (κ1) is 22.2. The second kappa shape index (κ2) is 11.0. The summed E-state index contributed by atoms with van der Waals surface area (Å²) in [4.78, 5) is 26.6. The highest BCUT2D eigenvalue weighted by Gasteiger charge is 2.17. The summed E-state index contributed by atoms with van der Waals surface area (Å²) in [6.07, 6.45) is 0.463. The summed E-state index contributed by atoms with van der Waals surface area (Å²) in [5.41, 5.74) is 3.04. The average molecular weight is 392 g/mol. The van der Waals surface area contributed by atoms with Crippen molar-refractivity contribution in [2.24, 2.45) is 0 Å². The molecule has 0 fully saturated rings. The van der Waals surface area contributed by atoms with Crippen LogP contribution in [0.15, 0.2) is 54.6 Å². The molecule has 0 saturated carbocycles. The number of hydrogen-bond acceptors (Lipinski definition) is 3. The number of anilines is 1. The molecule has 0 saturated heterocycles. The van der Waals surface area contributed by atoms with Gasteiger partial charge in [0.25, 0.3) is 0 Å². The molecule has 5 heteroatoms. The van der Waals surface area contributed by atoms with Crippen molar-refractivity contribution in [1.82, 2.24) is 5.32 Å². The van der Waals surface area contributed by atoms with E-state index in [-0.39, 0.29) is 37.1 Å². The molecule has 0 aliphatic heterocycles. The molecule has 1 N–H and O–H groups in total. The fraction of sp³-hybridized carbons (Fsp3) is 0.375. The Morgan fingerprint density at radius 3 is 2.17 bits per heavy atom. The maximum absolute atomic E-state index is 12.6. The Kier molecular flexibility index (Phi) is 8.42. The van der Waals surface area contributed by atoms with Gasteiger partial charge >= 0.3 is 0 Å². The normalized spacial score (nSPS) is 11.6. The van der Waals surface area contributed by atoms with Crippen LogP contribution in [0.25, 0.3) is 0 Å². The molecule has 1 atom stereocenters. The van der Waals surface area contributed by atoms with Crippen LogP contribution in [0, 0.1) is 11.3 Å². The van der Waals surface area contributed by atoms with Gasteiger partial charge in [0.15, 0.2) is 0 Å². The van der Waals surface area contributed by atoms with E-state index < -0.39 is 0 Å². The van der Waals surface area contributed by atoms with Crippen molar-refractivity contribution in [2.45, 2.75) is 52.0 Å². The molecule has 29 heavy (non-hydrogen) atoms. The molecule has 152 valence electrons. The van der Waals surface area contributed by atoms with Gasteiger partial charge < -0.3 is 10.2 Å². The third-order valence-electron chi connectivity index (χ3n) is 4.86. The lowest BCUT2D eigenvalue weighted by molar-refractivity contribution is -0.125. The molecule has 2 rings (SSSR count). The molecule has 0 aliphatic carbocycles. The Hall–Kier alpha value is -3.13. The predicted octanol–water partition coefficient (Wildman–Crippen LogP) is 4.71. The minimum atomic E-state index is -0.160. The molecular weight excluding hydrogens is 362 g/mol. The summed E-state index contributed by atoms with van der Waals surface area (Å²) in [7, 11) is 0. The maximum Gasteiger partial charge on any atom is 0.227 e. The minimum Gasteiger partial charge on any atom is -0.350 e. The summed E-state index contributed by atoms with van der Waals surface area (Å²) in [6, 6.07) is 19.4. The van der Waals surface area contributed by atoms with E-state index in [1.807, 2.05) is 49.4 Å². The van der Waals surface area contributed by atoms with E-state index in [2.05, 4.69) is 37.4 Å². The van der Waals surface area contributed by atoms with Gasteiger partial charge in [-0.05, 0) is 36.1 Å². The average Bonchev–Trinajstić information content (AvgIpc) is 2.73. The quantitative estimate of drug-likeness (QED) is 0.672. The topological polar surface area (TPSA) is 73.2 Å². The number of carbonyl (C=O) groups excluding carboxylic acids is 2. The van der Waals surface area contributed by atoms with Crippen LogP contribution in [0.3, 0.4) is 0 Å². The monoisotopic (exact) mass is 391 g/mol. The first-order valence-corrected chi connectivity index (χ1v) is 10.0. The Morgan fingerprint density at radius 2 is 1.59 bits per heavy atom. The van der Waals surface area contributed by atoms with Gasteiger partial charge in [0.1, 0.15) is 0 Å². The molecular formula is C24H29N3O2. The van der Waals surface area contributed by atoms with Gasteiger partial charge in [-0.1, -0.05) is 56.3 Å². The largest absolute Gasteiger partial charge is 0.350 e. The predicted molar refractivity (Wildman–Crippen MR) is 115 cm³/mol. The number of nitrogens with zero attached hydrogens (tertiary/aromatic N) is 2. The summed E-state index contributed by atoms with van der Waals surface area (Å²) in [5, 5.41) is 11.8. The van der Waals surface area contributed by atoms with E-state index in [4.69, 9.17) is 5.26 Å². The Balaban J connectivity index is 1.90. The Bertz CT molecular complexity index is 839. The van der Waals surface area contributed by atoms with Crippen molar-refractivity contribution in [3.63, 3.8) is 0 Å². The number of nitrogens with one attached hydrogen (secondary N) is 1. The third kappa shape index (κ3) is 6.76. The maximum atomic E-state index is 12.6. The second-order valence-corrected chi connectivity index (χ2v) is 7.40. The van der Waals surface area contributed by atoms with E-state index in [1.54, 1.807) is 4.90 Å². The molecule has 0 heterocycles. The van der Waals surface area contributed by atoms with Crippen molar-refractivity contribution in [1.29, 1.82) is 5.26 Å². The summed E-state index contributed by atoms with van der Waals surface area (Å²) >= 11 is 0. The number of nitriles is 1. The molecule has 0 radical (unpaired) electrons. The van der Waals surface area contributed by atoms with Crippen molar-refractivity contribution in [3.05, 3.63) is 65.7 Å². The molecule has 5 nitrogen and oxygen atoms in total. The number of rotatable bonds is 9. The first-order chi connectivity index (χ1) is 13.9. The van der Waals surface area contributed by atoms with Gasteiger partial charge in [-0.25, -0.2) is 0 Å². The summed E-state index contributed by atoms with van der Waals surface area (Å²) in [6.45, 7) is 6.55. The van der Waals surface area contributed by atoms with Crippen LogP contribution in [-0.4, -0.2) is 18.4 Å². The number of para-hydroxylation sites is 1. The molecule has 0 aliphatic rings. The Labute approximate surface area is 173 Å². The third-order valence-corrected chi connectivity index (χ3v) is 4.86. The van der Waals surface area contributed by atoms with E-state index in [9.17, 15) is 9.59 Å². The molecule has 2 aromatic carbocycles. The molecule has 2 amide bonds. The van der Waals surface area contributed by atoms with Crippen LogP contribution < -0.4 is 10.2 Å². The number of amides is 2. The van der Waals surface area contributed by atoms with Crippen LogP contribution in [0.2, 0.25) is 0 Å². The van der Waals surface area contributed by atoms with Crippen LogP contribution in [0.4, 0.5) is 5.69 Å². The van der Waals surface area contributed by atoms with Crippen molar-refractivity contribution in [2.75, 3.05) is 11.4 Å². The molecule has 1 unspecified atom stereocenters. The van der Waals surface area contributed by atoms with Gasteiger partial charge in [0, 0.05) is 25.1 Å². The first-order valence-electron chi connectivity index (χ1n) is 10.0. The highest BCUT2D eigenvalue weighted by molar-refractivity contribution is 5.95. The van der Waals surface area contributed by atoms with Crippen molar-refractivity contribution in [3.8, 4) is 6.07 Å². The number of hydrogen-bond donors (Lipinski definition) is 1. The highest BCUT2D eigenvalue weighted by Crippen LogP contribution is 2.19. The van der Waals surface area contributed by atoms with Crippen LogP contribution >= 0.6 is 0 Å². The van der Waals surface area contributed by atoms with Crippen LogP contribution in [0.1, 0.15) is 63.1 Å². The van der Waals surface area contributed by atoms with Gasteiger partial charge in [0.2, 0.25) is 11.8 Å². The highest BCUT2D eigenvalue weighted by atomic mass is 16.2. The molecule has 2 aromatic rings. The molecule has 0 aromatic heterocycles. The SMILES string of the molecule is CC(C)c1ccc(C(C)NC(=O)CCC(=O)N(CCC#N)c2ccccc2)cc1.